The van der Waals surface area contributed by atoms with Gasteiger partial charge in [0, 0.05) is 58.6 Å². The first-order valence-electron chi connectivity index (χ1n) is 13.9. The van der Waals surface area contributed by atoms with Crippen molar-refractivity contribution in [2.45, 2.75) is 69.7 Å². The normalized spacial score (nSPS) is 24.3. The highest BCUT2D eigenvalue weighted by molar-refractivity contribution is 5.92. The molecule has 0 radical (unpaired) electrons. The summed E-state index contributed by atoms with van der Waals surface area (Å²) in [7, 11) is 3.51. The second-order valence-electron chi connectivity index (χ2n) is 10.3. The second kappa shape index (κ2) is 14.5. The van der Waals surface area contributed by atoms with Crippen LogP contribution in [0.25, 0.3) is 0 Å². The van der Waals surface area contributed by atoms with Crippen LogP contribution in [0.5, 0.6) is 0 Å². The van der Waals surface area contributed by atoms with E-state index in [1.54, 1.807) is 20.2 Å². The highest BCUT2D eigenvalue weighted by Gasteiger charge is 2.30. The number of carbonyl (C=O) groups excluding carboxylic acids is 1. The number of nitrogens with zero attached hydrogens (tertiary/aromatic N) is 3. The van der Waals surface area contributed by atoms with E-state index in [0.717, 1.165) is 45.6 Å². The molecule has 5 rings (SSSR count). The van der Waals surface area contributed by atoms with Gasteiger partial charge in [0.1, 0.15) is 17.8 Å². The zero-order valence-electron chi connectivity index (χ0n) is 23.0. The number of benzene rings is 1. The van der Waals surface area contributed by atoms with Crippen molar-refractivity contribution in [3.05, 3.63) is 53.5 Å². The smallest absolute Gasteiger partial charge is 0.272 e. The number of hydrogen-bond acceptors (Lipinski definition) is 8. The van der Waals surface area contributed by atoms with E-state index in [9.17, 15) is 4.79 Å². The molecule has 1 aromatic carbocycles. The lowest BCUT2D eigenvalue weighted by Gasteiger charge is -2.38. The first-order chi connectivity index (χ1) is 18.6. The molecule has 0 spiro atoms. The minimum Gasteiger partial charge on any atom is -0.379 e. The maximum Gasteiger partial charge on any atom is 0.272 e. The third-order valence-electron chi connectivity index (χ3n) is 7.61. The molecule has 3 aliphatic rings. The first-order valence-corrected chi connectivity index (χ1v) is 13.9. The Morgan fingerprint density at radius 3 is 2.53 bits per heavy atom. The molecule has 1 amide bonds. The Bertz CT molecular complexity index is 991. The highest BCUT2D eigenvalue weighted by atomic mass is 16.5. The zero-order chi connectivity index (χ0) is 26.7. The molecule has 3 fully saturated rings. The molecule has 2 N–H and O–H groups in total. The van der Waals surface area contributed by atoms with E-state index in [1.807, 2.05) is 4.90 Å². The number of aromatic nitrogens is 2. The van der Waals surface area contributed by atoms with Crippen LogP contribution in [0.1, 0.15) is 66.2 Å². The summed E-state index contributed by atoms with van der Waals surface area (Å²) >= 11 is 0. The van der Waals surface area contributed by atoms with Crippen LogP contribution in [-0.2, 0) is 14.2 Å². The maximum atomic E-state index is 12.6. The van der Waals surface area contributed by atoms with E-state index in [4.69, 9.17) is 14.2 Å². The molecule has 9 heteroatoms. The van der Waals surface area contributed by atoms with Crippen LogP contribution in [-0.4, -0.2) is 86.0 Å². The summed E-state index contributed by atoms with van der Waals surface area (Å²) in [4.78, 5) is 22.6. The van der Waals surface area contributed by atoms with Crippen LogP contribution in [0.4, 0.5) is 5.82 Å². The quantitative estimate of drug-likeness (QED) is 0.589. The lowest BCUT2D eigenvalue weighted by molar-refractivity contribution is -0.0533. The number of aryl methyl sites for hydroxylation is 1. The molecular formula is C29H43N5O4. The Morgan fingerprint density at radius 1 is 1.05 bits per heavy atom. The van der Waals surface area contributed by atoms with Crippen molar-refractivity contribution >= 4 is 11.7 Å². The minimum absolute atomic E-state index is 0.0295. The Kier molecular flexibility index (Phi) is 10.9. The molecule has 3 aliphatic heterocycles. The molecule has 0 aliphatic carbocycles. The van der Waals surface area contributed by atoms with Crippen molar-refractivity contribution in [3.8, 4) is 0 Å². The van der Waals surface area contributed by atoms with Crippen LogP contribution in [0.15, 0.2) is 36.7 Å². The second-order valence-corrected chi connectivity index (χ2v) is 10.3. The molecule has 4 heterocycles. The predicted molar refractivity (Wildman–Crippen MR) is 147 cm³/mol. The molecule has 3 saturated heterocycles. The van der Waals surface area contributed by atoms with Crippen molar-refractivity contribution in [1.29, 1.82) is 0 Å². The number of rotatable bonds is 6. The van der Waals surface area contributed by atoms with Crippen LogP contribution in [0, 0.1) is 6.92 Å². The fraction of sp³-hybridized carbons (Fsp3) is 0.621. The average Bonchev–Trinajstić information content (AvgIpc) is 2.98. The van der Waals surface area contributed by atoms with E-state index in [2.05, 4.69) is 51.8 Å². The third-order valence-corrected chi connectivity index (χ3v) is 7.61. The molecule has 0 bridgehead atoms. The summed E-state index contributed by atoms with van der Waals surface area (Å²) in [5.74, 6) is 0.623. The van der Waals surface area contributed by atoms with Crippen LogP contribution in [0.2, 0.25) is 0 Å². The fourth-order valence-electron chi connectivity index (χ4n) is 5.24. The fourth-order valence-corrected chi connectivity index (χ4v) is 5.24. The van der Waals surface area contributed by atoms with Gasteiger partial charge in [0.25, 0.3) is 5.91 Å². The molecule has 208 valence electrons. The van der Waals surface area contributed by atoms with Gasteiger partial charge in [-0.2, -0.15) is 0 Å². The van der Waals surface area contributed by atoms with Crippen molar-refractivity contribution in [2.75, 3.05) is 52.4 Å². The van der Waals surface area contributed by atoms with Gasteiger partial charge >= 0.3 is 0 Å². The number of methoxy groups -OCH3 is 1. The van der Waals surface area contributed by atoms with Crippen molar-refractivity contribution in [2.24, 2.45) is 0 Å². The average molecular weight is 526 g/mol. The van der Waals surface area contributed by atoms with E-state index in [0.29, 0.717) is 36.3 Å². The van der Waals surface area contributed by atoms with Gasteiger partial charge in [-0.15, -0.1) is 0 Å². The van der Waals surface area contributed by atoms with Gasteiger partial charge in [0.2, 0.25) is 0 Å². The molecule has 3 atom stereocenters. The minimum atomic E-state index is -0.0295. The first kappa shape index (κ1) is 28.4. The summed E-state index contributed by atoms with van der Waals surface area (Å²) < 4.78 is 16.7. The number of amides is 1. The Morgan fingerprint density at radius 2 is 1.84 bits per heavy atom. The lowest BCUT2D eigenvalue weighted by Crippen LogP contribution is -2.54. The van der Waals surface area contributed by atoms with E-state index in [-0.39, 0.29) is 12.0 Å². The molecule has 2 unspecified atom stereocenters. The van der Waals surface area contributed by atoms with Crippen molar-refractivity contribution < 1.29 is 19.0 Å². The monoisotopic (exact) mass is 525 g/mol. The number of nitrogens with one attached hydrogen (secondary N) is 2. The van der Waals surface area contributed by atoms with Crippen molar-refractivity contribution in [3.63, 3.8) is 0 Å². The number of piperidine rings is 1. The van der Waals surface area contributed by atoms with Crippen LogP contribution < -0.4 is 10.6 Å². The van der Waals surface area contributed by atoms with Crippen molar-refractivity contribution in [1.82, 2.24) is 20.2 Å². The summed E-state index contributed by atoms with van der Waals surface area (Å²) in [6.07, 6.45) is 8.43. The molecular weight excluding hydrogens is 482 g/mol. The van der Waals surface area contributed by atoms with E-state index < -0.39 is 0 Å². The largest absolute Gasteiger partial charge is 0.379 e. The molecule has 9 nitrogen and oxygen atoms in total. The van der Waals surface area contributed by atoms with E-state index in [1.165, 1.54) is 36.7 Å². The van der Waals surface area contributed by atoms with Crippen LogP contribution >= 0.6 is 0 Å². The standard InChI is InChI=1S/C17H27N5O3.C12H16O/c1-18-16-9-14(19-11-20-16)17(23)22-6-3-12(4-7-22)21-13-5-8-25-10-15(13)24-2;1-10-5-7-11(8-6-10)12-4-2-3-9-13-12/h9,11-13,15,21H,3-8,10H2,1-2H3,(H,18,19,20);5-8,12H,2-4,9H2,1H3/t;12-/m.0/s1. The Hall–Kier alpha value is -2.59. The van der Waals surface area contributed by atoms with Gasteiger partial charge in [-0.05, 0) is 51.0 Å². The molecule has 1 aromatic heterocycles. The van der Waals surface area contributed by atoms with Gasteiger partial charge in [0.15, 0.2) is 0 Å². The number of anilines is 1. The summed E-state index contributed by atoms with van der Waals surface area (Å²) in [5.41, 5.74) is 3.10. The Labute approximate surface area is 226 Å². The van der Waals surface area contributed by atoms with Gasteiger partial charge in [-0.3, -0.25) is 4.79 Å². The van der Waals surface area contributed by atoms with Gasteiger partial charge in [-0.1, -0.05) is 29.8 Å². The number of likely N-dealkylation sites (tertiary alicyclic amines) is 1. The van der Waals surface area contributed by atoms with E-state index >= 15 is 0 Å². The topological polar surface area (TPSA) is 97.8 Å². The third kappa shape index (κ3) is 7.96. The highest BCUT2D eigenvalue weighted by Crippen LogP contribution is 2.27. The van der Waals surface area contributed by atoms with Gasteiger partial charge < -0.3 is 29.7 Å². The lowest BCUT2D eigenvalue weighted by atomic mass is 9.99. The summed E-state index contributed by atoms with van der Waals surface area (Å²) in [6.45, 7) is 5.93. The summed E-state index contributed by atoms with van der Waals surface area (Å²) in [5, 5.41) is 6.63. The number of hydrogen-bond donors (Lipinski definition) is 2. The SMILES string of the molecule is CNc1cc(C(=O)N2CCC(NC3CCOCC3OC)CC2)ncn1.Cc1ccc([C@@H]2CCCCO2)cc1. The number of carbonyl (C=O) groups is 1. The Balaban J connectivity index is 0.000000216. The van der Waals surface area contributed by atoms with Crippen LogP contribution in [0.3, 0.4) is 0 Å². The summed E-state index contributed by atoms with van der Waals surface area (Å²) in [6, 6.07) is 11.1. The molecule has 2 aromatic rings. The predicted octanol–water partition coefficient (Wildman–Crippen LogP) is 3.75. The molecule has 38 heavy (non-hydrogen) atoms. The number of ether oxygens (including phenoxy) is 3. The maximum absolute atomic E-state index is 12.6. The zero-order valence-corrected chi connectivity index (χ0v) is 23.0. The van der Waals surface area contributed by atoms with Gasteiger partial charge in [0.05, 0.1) is 18.8 Å². The molecule has 0 saturated carbocycles. The van der Waals surface area contributed by atoms with Gasteiger partial charge in [-0.25, -0.2) is 9.97 Å².